The number of benzene rings is 1. The number of carbonyl (C=O) groups is 1. The van der Waals surface area contributed by atoms with Gasteiger partial charge in [-0.2, -0.15) is 0 Å². The van der Waals surface area contributed by atoms with Crippen LogP contribution in [-0.4, -0.2) is 42.8 Å². The summed E-state index contributed by atoms with van der Waals surface area (Å²) in [7, 11) is 0. The fourth-order valence-electron chi connectivity index (χ4n) is 2.04. The number of para-hydroxylation sites is 1. The molecule has 0 radical (unpaired) electrons. The van der Waals surface area contributed by atoms with Gasteiger partial charge in [0.2, 0.25) is 5.96 Å². The van der Waals surface area contributed by atoms with Crippen molar-refractivity contribution >= 4 is 40.8 Å². The Kier molecular flexibility index (Phi) is 6.50. The maximum Gasteiger partial charge on any atom is 0.338 e. The Bertz CT molecular complexity index is 575. The second-order valence-corrected chi connectivity index (χ2v) is 5.60. The zero-order valence-electron chi connectivity index (χ0n) is 13.0. The van der Waals surface area contributed by atoms with E-state index in [1.807, 2.05) is 6.92 Å². The summed E-state index contributed by atoms with van der Waals surface area (Å²) in [4.78, 5) is 22.0. The van der Waals surface area contributed by atoms with E-state index in [1.54, 1.807) is 25.1 Å². The van der Waals surface area contributed by atoms with E-state index >= 15 is 0 Å². The third kappa shape index (κ3) is 4.50. The van der Waals surface area contributed by atoms with Crippen molar-refractivity contribution in [3.8, 4) is 0 Å². The van der Waals surface area contributed by atoms with Gasteiger partial charge < -0.3 is 10.1 Å². The molecule has 1 atom stereocenters. The molecule has 8 heteroatoms. The van der Waals surface area contributed by atoms with Crippen molar-refractivity contribution in [3.05, 3.63) is 28.2 Å². The number of halogens is 2. The smallest absolute Gasteiger partial charge is 0.338 e. The van der Waals surface area contributed by atoms with E-state index in [2.05, 4.69) is 10.3 Å². The minimum absolute atomic E-state index is 0.313. The molecule has 0 aliphatic carbocycles. The first-order chi connectivity index (χ1) is 11.1. The molecule has 1 aromatic carbocycles. The second kappa shape index (κ2) is 8.38. The lowest BCUT2D eigenvalue weighted by Gasteiger charge is -2.22. The van der Waals surface area contributed by atoms with E-state index in [9.17, 15) is 4.79 Å². The van der Waals surface area contributed by atoms with Gasteiger partial charge in [-0.15, -0.1) is 0 Å². The number of esters is 1. The van der Waals surface area contributed by atoms with E-state index in [1.165, 1.54) is 5.06 Å². The number of aliphatic imine (C=N–C) groups is 1. The summed E-state index contributed by atoms with van der Waals surface area (Å²) in [5, 5.41) is 5.51. The molecule has 1 heterocycles. The topological polar surface area (TPSA) is 63.2 Å². The number of guanidine groups is 1. The lowest BCUT2D eigenvalue weighted by Crippen LogP contribution is -2.38. The molecule has 1 aromatic rings. The Morgan fingerprint density at radius 3 is 2.70 bits per heavy atom. The minimum atomic E-state index is -0.679. The van der Waals surface area contributed by atoms with Gasteiger partial charge in [-0.1, -0.05) is 36.2 Å². The number of hydroxylamine groups is 2. The third-order valence-corrected chi connectivity index (χ3v) is 3.77. The van der Waals surface area contributed by atoms with Crippen LogP contribution >= 0.6 is 23.2 Å². The molecule has 0 aromatic heterocycles. The Morgan fingerprint density at radius 2 is 2.09 bits per heavy atom. The molecule has 1 unspecified atom stereocenters. The lowest BCUT2D eigenvalue weighted by molar-refractivity contribution is -0.184. The van der Waals surface area contributed by atoms with Crippen molar-refractivity contribution in [2.45, 2.75) is 26.4 Å². The summed E-state index contributed by atoms with van der Waals surface area (Å²) < 4.78 is 5.00. The van der Waals surface area contributed by atoms with Gasteiger partial charge in [0, 0.05) is 6.54 Å². The molecule has 126 valence electrons. The van der Waals surface area contributed by atoms with Crippen molar-refractivity contribution in [2.75, 3.05) is 19.7 Å². The first-order valence-electron chi connectivity index (χ1n) is 7.44. The summed E-state index contributed by atoms with van der Waals surface area (Å²) in [6, 6.07) is 5.17. The minimum Gasteiger partial charge on any atom is -0.464 e. The molecule has 0 saturated carbocycles. The van der Waals surface area contributed by atoms with Gasteiger partial charge in [-0.25, -0.2) is 14.9 Å². The Labute approximate surface area is 145 Å². The maximum absolute atomic E-state index is 11.9. The highest BCUT2D eigenvalue weighted by Crippen LogP contribution is 2.33. The second-order valence-electron chi connectivity index (χ2n) is 4.79. The van der Waals surface area contributed by atoms with E-state index in [-0.39, 0.29) is 0 Å². The molecular formula is C15H19Cl2N3O3. The van der Waals surface area contributed by atoms with Gasteiger partial charge in [-0.05, 0) is 25.5 Å². The zero-order valence-corrected chi connectivity index (χ0v) is 14.5. The average molecular weight is 360 g/mol. The van der Waals surface area contributed by atoms with Crippen LogP contribution < -0.4 is 5.32 Å². The summed E-state index contributed by atoms with van der Waals surface area (Å²) in [5.41, 5.74) is 0.456. The van der Waals surface area contributed by atoms with Crippen LogP contribution in [0.4, 0.5) is 5.69 Å². The molecule has 0 bridgehead atoms. The van der Waals surface area contributed by atoms with Crippen molar-refractivity contribution in [3.63, 3.8) is 0 Å². The quantitative estimate of drug-likeness (QED) is 0.790. The number of carbonyl (C=O) groups excluding carboxylic acids is 1. The van der Waals surface area contributed by atoms with Crippen molar-refractivity contribution in [1.29, 1.82) is 0 Å². The third-order valence-electron chi connectivity index (χ3n) is 3.16. The van der Waals surface area contributed by atoms with Crippen molar-refractivity contribution in [2.24, 2.45) is 4.99 Å². The Morgan fingerprint density at radius 1 is 1.39 bits per heavy atom. The maximum atomic E-state index is 11.9. The largest absolute Gasteiger partial charge is 0.464 e. The molecule has 1 saturated heterocycles. The summed E-state index contributed by atoms with van der Waals surface area (Å²) >= 11 is 12.3. The summed E-state index contributed by atoms with van der Waals surface area (Å²) in [6.45, 7) is 5.12. The first kappa shape index (κ1) is 17.8. The van der Waals surface area contributed by atoms with E-state index in [0.29, 0.717) is 47.8 Å². The van der Waals surface area contributed by atoms with Gasteiger partial charge in [-0.3, -0.25) is 4.84 Å². The average Bonchev–Trinajstić information content (AvgIpc) is 2.96. The normalized spacial score (nSPS) is 17.2. The molecule has 1 N–H and O–H groups in total. The van der Waals surface area contributed by atoms with Gasteiger partial charge in [0.1, 0.15) is 5.69 Å². The Balaban J connectivity index is 2.16. The predicted molar refractivity (Wildman–Crippen MR) is 90.1 cm³/mol. The highest BCUT2D eigenvalue weighted by atomic mass is 35.5. The van der Waals surface area contributed by atoms with E-state index in [4.69, 9.17) is 32.8 Å². The molecular weight excluding hydrogens is 341 g/mol. The number of nitrogens with one attached hydrogen (secondary N) is 1. The highest BCUT2D eigenvalue weighted by Gasteiger charge is 2.27. The number of nitrogens with zero attached hydrogens (tertiary/aromatic N) is 2. The molecule has 1 aliphatic rings. The standard InChI is InChI=1S/C15H19Cl2N3O3/c1-3-12(14(21)22-4-2)23-20-9-8-18-15(20)19-13-10(16)6-5-7-11(13)17/h5-7,12H,3-4,8-9H2,1-2H3,(H,18,19). The number of hydrogen-bond donors (Lipinski definition) is 1. The van der Waals surface area contributed by atoms with Gasteiger partial charge in [0.25, 0.3) is 0 Å². The van der Waals surface area contributed by atoms with Crippen LogP contribution in [0.2, 0.25) is 10.0 Å². The molecule has 0 amide bonds. The molecule has 1 fully saturated rings. The number of hydrogen-bond acceptors (Lipinski definition) is 4. The number of rotatable bonds is 6. The molecule has 6 nitrogen and oxygen atoms in total. The summed E-state index contributed by atoms with van der Waals surface area (Å²) in [5.74, 6) is 0.0692. The molecule has 0 spiro atoms. The lowest BCUT2D eigenvalue weighted by atomic mass is 10.3. The SMILES string of the molecule is CCOC(=O)C(CC)ON1CCN/C1=N\c1c(Cl)cccc1Cl. The van der Waals surface area contributed by atoms with Gasteiger partial charge in [0.05, 0.1) is 23.2 Å². The van der Waals surface area contributed by atoms with E-state index in [0.717, 1.165) is 0 Å². The fourth-order valence-corrected chi connectivity index (χ4v) is 2.52. The van der Waals surface area contributed by atoms with Crippen molar-refractivity contribution in [1.82, 2.24) is 10.4 Å². The predicted octanol–water partition coefficient (Wildman–Crippen LogP) is 3.16. The van der Waals surface area contributed by atoms with Gasteiger partial charge >= 0.3 is 5.97 Å². The van der Waals surface area contributed by atoms with E-state index < -0.39 is 12.1 Å². The Hall–Kier alpha value is -1.50. The van der Waals surface area contributed by atoms with Crippen LogP contribution in [0.15, 0.2) is 23.2 Å². The molecule has 23 heavy (non-hydrogen) atoms. The molecule has 2 rings (SSSR count). The van der Waals surface area contributed by atoms with Crippen LogP contribution in [-0.2, 0) is 14.4 Å². The summed E-state index contributed by atoms with van der Waals surface area (Å²) in [6.07, 6.45) is -0.183. The zero-order chi connectivity index (χ0) is 16.8. The highest BCUT2D eigenvalue weighted by molar-refractivity contribution is 6.38. The van der Waals surface area contributed by atoms with Crippen LogP contribution in [0.3, 0.4) is 0 Å². The van der Waals surface area contributed by atoms with Crippen molar-refractivity contribution < 1.29 is 14.4 Å². The molecule has 1 aliphatic heterocycles. The van der Waals surface area contributed by atoms with Crippen LogP contribution in [0.1, 0.15) is 20.3 Å². The first-order valence-corrected chi connectivity index (χ1v) is 8.19. The van der Waals surface area contributed by atoms with Crippen LogP contribution in [0.5, 0.6) is 0 Å². The van der Waals surface area contributed by atoms with Crippen LogP contribution in [0, 0.1) is 0 Å². The van der Waals surface area contributed by atoms with Gasteiger partial charge in [0.15, 0.2) is 6.10 Å². The number of ether oxygens (including phenoxy) is 1. The fraction of sp³-hybridized carbons (Fsp3) is 0.467. The van der Waals surface area contributed by atoms with Crippen LogP contribution in [0.25, 0.3) is 0 Å². The monoisotopic (exact) mass is 359 g/mol.